The van der Waals surface area contributed by atoms with Crippen LogP contribution in [-0.2, 0) is 15.6 Å². The Morgan fingerprint density at radius 2 is 1.52 bits per heavy atom. The fourth-order valence-corrected chi connectivity index (χ4v) is 5.17. The number of hydrogen-bond acceptors (Lipinski definition) is 2. The molecule has 0 fully saturated rings. The molecule has 0 aromatic heterocycles. The standard InChI is InChI=1S/C23H15NO/c1-22-12-13-23(15-7-3-2-6-14(15)22)16-8-4-5-9-17(16)24-18-10-11-19(25)21(22)20(18)23/h2-13H,1H3. The van der Waals surface area contributed by atoms with Crippen LogP contribution in [0.5, 0.6) is 0 Å². The molecule has 1 heterocycles. The third-order valence-electron chi connectivity index (χ3n) is 6.21. The molecule has 4 aliphatic carbocycles. The van der Waals surface area contributed by atoms with Crippen molar-refractivity contribution in [3.8, 4) is 0 Å². The number of para-hydroxylation sites is 1. The first-order chi connectivity index (χ1) is 12.2. The molecule has 1 aliphatic heterocycles. The quantitative estimate of drug-likeness (QED) is 0.524. The lowest BCUT2D eigenvalue weighted by molar-refractivity contribution is -0.112. The lowest BCUT2D eigenvalue weighted by atomic mass is 9.49. The second-order valence-corrected chi connectivity index (χ2v) is 7.35. The van der Waals surface area contributed by atoms with E-state index in [0.717, 1.165) is 22.5 Å². The molecule has 2 bridgehead atoms. The van der Waals surface area contributed by atoms with Gasteiger partial charge in [-0.2, -0.15) is 0 Å². The van der Waals surface area contributed by atoms with E-state index in [0.29, 0.717) is 0 Å². The summed E-state index contributed by atoms with van der Waals surface area (Å²) in [5.74, 6) is 0.110. The summed E-state index contributed by atoms with van der Waals surface area (Å²) in [4.78, 5) is 17.8. The maximum Gasteiger partial charge on any atom is 0.183 e. The number of benzene rings is 2. The molecule has 2 atom stereocenters. The van der Waals surface area contributed by atoms with Gasteiger partial charge in [0.05, 0.1) is 16.8 Å². The molecule has 0 radical (unpaired) electrons. The monoisotopic (exact) mass is 321 g/mol. The highest BCUT2D eigenvalue weighted by atomic mass is 16.1. The van der Waals surface area contributed by atoms with Gasteiger partial charge in [0.2, 0.25) is 0 Å². The topological polar surface area (TPSA) is 29.4 Å². The molecule has 7 rings (SSSR count). The fraction of sp³-hybridized carbons (Fsp3) is 0.130. The summed E-state index contributed by atoms with van der Waals surface area (Å²) < 4.78 is 0. The number of carbonyl (C=O) groups excluding carboxylic acids is 1. The first-order valence-corrected chi connectivity index (χ1v) is 8.63. The molecule has 118 valence electrons. The number of rotatable bonds is 0. The summed E-state index contributed by atoms with van der Waals surface area (Å²) in [5.41, 5.74) is 6.78. The number of allylic oxidation sites excluding steroid dienone is 6. The molecular weight excluding hydrogens is 306 g/mol. The van der Waals surface area contributed by atoms with Crippen molar-refractivity contribution in [1.29, 1.82) is 0 Å². The van der Waals surface area contributed by atoms with Crippen molar-refractivity contribution in [2.75, 3.05) is 0 Å². The van der Waals surface area contributed by atoms with E-state index in [1.807, 2.05) is 12.1 Å². The van der Waals surface area contributed by atoms with Crippen molar-refractivity contribution < 1.29 is 4.79 Å². The molecule has 1 spiro atoms. The van der Waals surface area contributed by atoms with Gasteiger partial charge in [0.25, 0.3) is 0 Å². The van der Waals surface area contributed by atoms with Crippen molar-refractivity contribution in [1.82, 2.24) is 0 Å². The minimum Gasteiger partial charge on any atom is -0.290 e. The van der Waals surface area contributed by atoms with Gasteiger partial charge in [0, 0.05) is 16.6 Å². The van der Waals surface area contributed by atoms with Gasteiger partial charge < -0.3 is 0 Å². The lowest BCUT2D eigenvalue weighted by Gasteiger charge is -2.53. The van der Waals surface area contributed by atoms with Crippen molar-refractivity contribution in [2.45, 2.75) is 17.8 Å². The molecule has 25 heavy (non-hydrogen) atoms. The molecule has 0 saturated heterocycles. The van der Waals surface area contributed by atoms with E-state index in [1.165, 1.54) is 16.7 Å². The van der Waals surface area contributed by atoms with E-state index in [-0.39, 0.29) is 11.2 Å². The summed E-state index contributed by atoms with van der Waals surface area (Å²) in [7, 11) is 0. The number of carbonyl (C=O) groups is 1. The third kappa shape index (κ3) is 1.28. The lowest BCUT2D eigenvalue weighted by Crippen LogP contribution is -2.50. The normalized spacial score (nSPS) is 30.0. The maximum atomic E-state index is 12.9. The largest absolute Gasteiger partial charge is 0.290 e. The van der Waals surface area contributed by atoms with Crippen LogP contribution in [0.25, 0.3) is 0 Å². The Kier molecular flexibility index (Phi) is 2.11. The van der Waals surface area contributed by atoms with Gasteiger partial charge in [0.1, 0.15) is 0 Å². The molecule has 2 nitrogen and oxygen atoms in total. The highest BCUT2D eigenvalue weighted by Gasteiger charge is 2.57. The van der Waals surface area contributed by atoms with Gasteiger partial charge >= 0.3 is 0 Å². The second-order valence-electron chi connectivity index (χ2n) is 7.35. The molecule has 0 saturated carbocycles. The SMILES string of the molecule is CC12C=CC3(C4=C1C(=O)C=CC4=Nc1ccccc13)c1ccccc12. The van der Waals surface area contributed by atoms with E-state index in [9.17, 15) is 4.79 Å². The predicted molar refractivity (Wildman–Crippen MR) is 98.4 cm³/mol. The zero-order chi connectivity index (χ0) is 16.8. The Hall–Kier alpha value is -3.00. The van der Waals surface area contributed by atoms with E-state index in [4.69, 9.17) is 4.99 Å². The summed E-state index contributed by atoms with van der Waals surface area (Å²) >= 11 is 0. The Labute approximate surface area is 145 Å². The van der Waals surface area contributed by atoms with Crippen molar-refractivity contribution in [2.24, 2.45) is 4.99 Å². The smallest absolute Gasteiger partial charge is 0.183 e. The van der Waals surface area contributed by atoms with Gasteiger partial charge in [-0.1, -0.05) is 54.6 Å². The minimum atomic E-state index is -0.405. The summed E-state index contributed by atoms with van der Waals surface area (Å²) in [6.07, 6.45) is 8.10. The molecule has 2 aromatic rings. The van der Waals surface area contributed by atoms with Gasteiger partial charge in [0.15, 0.2) is 5.78 Å². The van der Waals surface area contributed by atoms with Gasteiger partial charge in [-0.05, 0) is 41.8 Å². The van der Waals surface area contributed by atoms with Gasteiger partial charge in [-0.25, -0.2) is 4.99 Å². The van der Waals surface area contributed by atoms with Crippen LogP contribution in [0, 0.1) is 0 Å². The molecule has 5 aliphatic rings. The van der Waals surface area contributed by atoms with E-state index in [2.05, 4.69) is 61.5 Å². The molecular formula is C23H15NO. The average Bonchev–Trinajstić information content (AvgIpc) is 2.65. The molecule has 0 N–H and O–H groups in total. The fourth-order valence-electron chi connectivity index (χ4n) is 5.17. The van der Waals surface area contributed by atoms with E-state index in [1.54, 1.807) is 6.08 Å². The Morgan fingerprint density at radius 1 is 0.800 bits per heavy atom. The molecule has 2 heteroatoms. The van der Waals surface area contributed by atoms with Crippen LogP contribution in [0.3, 0.4) is 0 Å². The molecule has 2 aromatic carbocycles. The Morgan fingerprint density at radius 3 is 2.36 bits per heavy atom. The molecule has 2 unspecified atom stereocenters. The maximum absolute atomic E-state index is 12.9. The summed E-state index contributed by atoms with van der Waals surface area (Å²) in [6.45, 7) is 2.16. The molecule has 0 amide bonds. The first kappa shape index (κ1) is 13.3. The Bertz CT molecular complexity index is 1130. The van der Waals surface area contributed by atoms with Crippen molar-refractivity contribution >= 4 is 17.2 Å². The van der Waals surface area contributed by atoms with Gasteiger partial charge in [-0.3, -0.25) is 4.79 Å². The average molecular weight is 321 g/mol. The number of aliphatic imine (C=N–C) groups is 1. The van der Waals surface area contributed by atoms with Crippen molar-refractivity contribution in [3.05, 3.63) is 101 Å². The first-order valence-electron chi connectivity index (χ1n) is 8.63. The number of hydrogen-bond donors (Lipinski definition) is 0. The number of nitrogens with zero attached hydrogens (tertiary/aromatic N) is 1. The predicted octanol–water partition coefficient (Wildman–Crippen LogP) is 4.34. The third-order valence-corrected chi connectivity index (χ3v) is 6.21. The zero-order valence-corrected chi connectivity index (χ0v) is 13.8. The second kappa shape index (κ2) is 3.97. The van der Waals surface area contributed by atoms with Crippen molar-refractivity contribution in [3.63, 3.8) is 0 Å². The highest BCUT2D eigenvalue weighted by molar-refractivity contribution is 6.27. The summed E-state index contributed by atoms with van der Waals surface area (Å²) in [6, 6.07) is 16.9. The van der Waals surface area contributed by atoms with Crippen LogP contribution in [-0.4, -0.2) is 11.5 Å². The number of ketones is 1. The van der Waals surface area contributed by atoms with Crippen LogP contribution < -0.4 is 0 Å². The Balaban J connectivity index is 1.88. The summed E-state index contributed by atoms with van der Waals surface area (Å²) in [5, 5.41) is 0. The minimum absolute atomic E-state index is 0.110. The highest BCUT2D eigenvalue weighted by Crippen LogP contribution is 2.61. The van der Waals surface area contributed by atoms with Gasteiger partial charge in [-0.15, -0.1) is 0 Å². The zero-order valence-electron chi connectivity index (χ0n) is 13.8. The van der Waals surface area contributed by atoms with Crippen LogP contribution in [0.4, 0.5) is 5.69 Å². The van der Waals surface area contributed by atoms with E-state index < -0.39 is 5.41 Å². The van der Waals surface area contributed by atoms with Crippen LogP contribution in [0.1, 0.15) is 23.6 Å². The van der Waals surface area contributed by atoms with E-state index >= 15 is 0 Å². The number of fused-ring (bicyclic) bond motifs is 1. The van der Waals surface area contributed by atoms with Crippen LogP contribution >= 0.6 is 0 Å². The van der Waals surface area contributed by atoms with Crippen LogP contribution in [0.15, 0.2) is 89.0 Å². The van der Waals surface area contributed by atoms with Crippen LogP contribution in [0.2, 0.25) is 0 Å².